The standard InChI is InChI=1S/C20H21F3N2O4/c21-20(22,23)13-6-3-5-12(11-13)17(26)24-15-9-2-1-7-14-8-4-10-16(19(28)29)25(14)18(15)27/h1-3,5-6,11,14-16H,4,7-10H2,(H,24,26)(H,28,29)/b2-1-. The molecule has 0 aliphatic carbocycles. The van der Waals surface area contributed by atoms with Crippen LogP contribution in [0.25, 0.3) is 0 Å². The van der Waals surface area contributed by atoms with Gasteiger partial charge in [-0.15, -0.1) is 0 Å². The fraction of sp³-hybridized carbons (Fsp3) is 0.450. The van der Waals surface area contributed by atoms with E-state index in [0.717, 1.165) is 18.2 Å². The molecular formula is C20H21F3N2O4. The second kappa shape index (κ2) is 8.26. The van der Waals surface area contributed by atoms with Crippen molar-refractivity contribution in [1.29, 1.82) is 0 Å². The molecule has 3 unspecified atom stereocenters. The van der Waals surface area contributed by atoms with Crippen molar-refractivity contribution in [3.8, 4) is 0 Å². The number of carbonyl (C=O) groups excluding carboxylic acids is 2. The molecule has 0 saturated carbocycles. The highest BCUT2D eigenvalue weighted by Gasteiger charge is 2.41. The molecule has 0 radical (unpaired) electrons. The van der Waals surface area contributed by atoms with Crippen LogP contribution in [0.3, 0.4) is 0 Å². The molecular weight excluding hydrogens is 389 g/mol. The van der Waals surface area contributed by atoms with Crippen molar-refractivity contribution >= 4 is 17.8 Å². The predicted molar refractivity (Wildman–Crippen MR) is 97.0 cm³/mol. The Morgan fingerprint density at radius 3 is 2.55 bits per heavy atom. The lowest BCUT2D eigenvalue weighted by molar-refractivity contribution is -0.156. The summed E-state index contributed by atoms with van der Waals surface area (Å²) in [5, 5.41) is 12.0. The van der Waals surface area contributed by atoms with E-state index in [2.05, 4.69) is 5.32 Å². The molecule has 1 saturated heterocycles. The molecule has 2 amide bonds. The zero-order chi connectivity index (χ0) is 21.2. The van der Waals surface area contributed by atoms with Crippen LogP contribution < -0.4 is 5.32 Å². The van der Waals surface area contributed by atoms with Crippen LogP contribution >= 0.6 is 0 Å². The van der Waals surface area contributed by atoms with Gasteiger partial charge in [0.15, 0.2) is 0 Å². The largest absolute Gasteiger partial charge is 0.480 e. The van der Waals surface area contributed by atoms with Gasteiger partial charge in [0.1, 0.15) is 12.1 Å². The van der Waals surface area contributed by atoms with Crippen molar-refractivity contribution in [3.63, 3.8) is 0 Å². The van der Waals surface area contributed by atoms with Crippen molar-refractivity contribution in [3.05, 3.63) is 47.5 Å². The summed E-state index contributed by atoms with van der Waals surface area (Å²) in [4.78, 5) is 38.6. The smallest absolute Gasteiger partial charge is 0.416 e. The summed E-state index contributed by atoms with van der Waals surface area (Å²) in [5.41, 5.74) is -1.18. The van der Waals surface area contributed by atoms with Gasteiger partial charge in [-0.05, 0) is 50.3 Å². The van der Waals surface area contributed by atoms with Crippen LogP contribution in [0.15, 0.2) is 36.4 Å². The summed E-state index contributed by atoms with van der Waals surface area (Å²) in [6.07, 6.45) is 1.33. The van der Waals surface area contributed by atoms with Gasteiger partial charge < -0.3 is 15.3 Å². The Hall–Kier alpha value is -2.84. The topological polar surface area (TPSA) is 86.7 Å². The molecule has 156 valence electrons. The van der Waals surface area contributed by atoms with Crippen LogP contribution in [0.2, 0.25) is 0 Å². The van der Waals surface area contributed by atoms with Crippen LogP contribution in [0.5, 0.6) is 0 Å². The maximum absolute atomic E-state index is 13.1. The Kier molecular flexibility index (Phi) is 5.95. The average Bonchev–Trinajstić information content (AvgIpc) is 2.67. The van der Waals surface area contributed by atoms with E-state index in [9.17, 15) is 32.7 Å². The summed E-state index contributed by atoms with van der Waals surface area (Å²) in [5.74, 6) is -2.44. The molecule has 1 fully saturated rings. The Bertz CT molecular complexity index is 837. The lowest BCUT2D eigenvalue weighted by Crippen LogP contribution is -2.59. The highest BCUT2D eigenvalue weighted by Crippen LogP contribution is 2.30. The lowest BCUT2D eigenvalue weighted by atomic mass is 9.90. The quantitative estimate of drug-likeness (QED) is 0.750. The van der Waals surface area contributed by atoms with E-state index in [1.165, 1.54) is 11.0 Å². The van der Waals surface area contributed by atoms with E-state index in [-0.39, 0.29) is 18.0 Å². The summed E-state index contributed by atoms with van der Waals surface area (Å²) < 4.78 is 38.7. The van der Waals surface area contributed by atoms with Crippen LogP contribution in [-0.4, -0.2) is 45.9 Å². The summed E-state index contributed by atoms with van der Waals surface area (Å²) in [6.45, 7) is 0. The third-order valence-electron chi connectivity index (χ3n) is 5.29. The van der Waals surface area contributed by atoms with E-state index >= 15 is 0 Å². The number of piperidine rings is 1. The van der Waals surface area contributed by atoms with Crippen molar-refractivity contribution in [2.24, 2.45) is 0 Å². The minimum Gasteiger partial charge on any atom is -0.480 e. The summed E-state index contributed by atoms with van der Waals surface area (Å²) in [7, 11) is 0. The van der Waals surface area contributed by atoms with Gasteiger partial charge in [-0.3, -0.25) is 9.59 Å². The number of benzene rings is 1. The molecule has 2 aliphatic heterocycles. The highest BCUT2D eigenvalue weighted by atomic mass is 19.4. The molecule has 3 rings (SSSR count). The number of alkyl halides is 3. The first kappa shape index (κ1) is 20.9. The second-order valence-electron chi connectivity index (χ2n) is 7.23. The number of hydrogen-bond acceptors (Lipinski definition) is 3. The molecule has 0 bridgehead atoms. The third-order valence-corrected chi connectivity index (χ3v) is 5.29. The molecule has 1 aromatic rings. The fourth-order valence-corrected chi connectivity index (χ4v) is 3.85. The van der Waals surface area contributed by atoms with Gasteiger partial charge in [-0.2, -0.15) is 13.2 Å². The SMILES string of the molecule is O=C(NC1C/C=C\CC2CCCC(C(=O)O)N2C1=O)c1cccc(C(F)(F)F)c1. The Labute approximate surface area is 165 Å². The van der Waals surface area contributed by atoms with Crippen LogP contribution in [-0.2, 0) is 15.8 Å². The third kappa shape index (κ3) is 4.60. The van der Waals surface area contributed by atoms with Crippen LogP contribution in [0.4, 0.5) is 13.2 Å². The highest BCUT2D eigenvalue weighted by molar-refractivity contribution is 5.98. The zero-order valence-corrected chi connectivity index (χ0v) is 15.5. The molecule has 2 aliphatic rings. The van der Waals surface area contributed by atoms with Crippen molar-refractivity contribution in [2.75, 3.05) is 0 Å². The number of halogens is 3. The molecule has 3 atom stereocenters. The maximum Gasteiger partial charge on any atom is 0.416 e. The van der Waals surface area contributed by atoms with Gasteiger partial charge in [0.05, 0.1) is 5.56 Å². The first-order valence-electron chi connectivity index (χ1n) is 9.36. The monoisotopic (exact) mass is 410 g/mol. The number of fused-ring (bicyclic) bond motifs is 1. The molecule has 29 heavy (non-hydrogen) atoms. The lowest BCUT2D eigenvalue weighted by Gasteiger charge is -2.42. The molecule has 0 aromatic heterocycles. The summed E-state index contributed by atoms with van der Waals surface area (Å²) in [6, 6.07) is 1.65. The molecule has 0 spiro atoms. The molecule has 1 aromatic carbocycles. The number of hydrogen-bond donors (Lipinski definition) is 2. The van der Waals surface area contributed by atoms with E-state index in [1.54, 1.807) is 6.08 Å². The number of nitrogens with zero attached hydrogens (tertiary/aromatic N) is 1. The van der Waals surface area contributed by atoms with E-state index < -0.39 is 41.6 Å². The van der Waals surface area contributed by atoms with E-state index in [1.807, 2.05) is 6.08 Å². The van der Waals surface area contributed by atoms with E-state index in [0.29, 0.717) is 25.7 Å². The zero-order valence-electron chi connectivity index (χ0n) is 15.5. The number of carbonyl (C=O) groups is 3. The predicted octanol–water partition coefficient (Wildman–Crippen LogP) is 2.99. The average molecular weight is 410 g/mol. The maximum atomic E-state index is 13.1. The minimum absolute atomic E-state index is 0.138. The van der Waals surface area contributed by atoms with Gasteiger partial charge in [0, 0.05) is 11.6 Å². The Balaban J connectivity index is 1.83. The minimum atomic E-state index is -4.59. The molecule has 2 heterocycles. The number of carboxylic acid groups (broad SMARTS) is 1. The van der Waals surface area contributed by atoms with Gasteiger partial charge in [-0.25, -0.2) is 4.79 Å². The Morgan fingerprint density at radius 1 is 1.14 bits per heavy atom. The van der Waals surface area contributed by atoms with Crippen LogP contribution in [0, 0.1) is 0 Å². The molecule has 2 N–H and O–H groups in total. The normalized spacial score (nSPS) is 26.1. The number of amides is 2. The van der Waals surface area contributed by atoms with Crippen molar-refractivity contribution < 1.29 is 32.7 Å². The number of rotatable bonds is 3. The van der Waals surface area contributed by atoms with E-state index in [4.69, 9.17) is 0 Å². The number of aliphatic carboxylic acids is 1. The first-order chi connectivity index (χ1) is 13.7. The van der Waals surface area contributed by atoms with Gasteiger partial charge in [0.2, 0.25) is 5.91 Å². The van der Waals surface area contributed by atoms with Crippen LogP contribution in [0.1, 0.15) is 48.0 Å². The molecule has 6 nitrogen and oxygen atoms in total. The van der Waals surface area contributed by atoms with Gasteiger partial charge in [-0.1, -0.05) is 18.2 Å². The summed E-state index contributed by atoms with van der Waals surface area (Å²) >= 11 is 0. The number of nitrogens with one attached hydrogen (secondary N) is 1. The molecule has 9 heteroatoms. The van der Waals surface area contributed by atoms with Crippen molar-refractivity contribution in [1.82, 2.24) is 10.2 Å². The van der Waals surface area contributed by atoms with Gasteiger partial charge >= 0.3 is 12.1 Å². The second-order valence-corrected chi connectivity index (χ2v) is 7.23. The fourth-order valence-electron chi connectivity index (χ4n) is 3.85. The van der Waals surface area contributed by atoms with Gasteiger partial charge in [0.25, 0.3) is 5.91 Å². The Morgan fingerprint density at radius 2 is 1.86 bits per heavy atom. The first-order valence-corrected chi connectivity index (χ1v) is 9.36. The number of carboxylic acids is 1. The van der Waals surface area contributed by atoms with Crippen molar-refractivity contribution in [2.45, 2.75) is 56.4 Å².